The first-order valence-corrected chi connectivity index (χ1v) is 10.9. The lowest BCUT2D eigenvalue weighted by atomic mass is 10.1. The molecule has 7 heteroatoms. The smallest absolute Gasteiger partial charge is 0.251 e. The Morgan fingerprint density at radius 1 is 1.17 bits per heavy atom. The van der Waals surface area contributed by atoms with Gasteiger partial charge in [-0.1, -0.05) is 18.0 Å². The lowest BCUT2D eigenvalue weighted by Gasteiger charge is -2.11. The van der Waals surface area contributed by atoms with Crippen LogP contribution in [0.15, 0.2) is 52.4 Å². The van der Waals surface area contributed by atoms with Crippen molar-refractivity contribution < 1.29 is 14.1 Å². The van der Waals surface area contributed by atoms with E-state index in [1.807, 2.05) is 35.7 Å². The molecule has 0 radical (unpaired) electrons. The Kier molecular flexibility index (Phi) is 4.96. The van der Waals surface area contributed by atoms with Gasteiger partial charge in [0.2, 0.25) is 0 Å². The highest BCUT2D eigenvalue weighted by Crippen LogP contribution is 2.33. The van der Waals surface area contributed by atoms with Gasteiger partial charge in [-0.3, -0.25) is 4.79 Å². The molecule has 0 spiro atoms. The molecule has 6 nitrogen and oxygen atoms in total. The summed E-state index contributed by atoms with van der Waals surface area (Å²) in [5.74, 6) is 0.759. The van der Waals surface area contributed by atoms with Crippen molar-refractivity contribution in [2.24, 2.45) is 0 Å². The van der Waals surface area contributed by atoms with Crippen molar-refractivity contribution in [2.45, 2.75) is 31.7 Å². The SMILES string of the molecule is COc1ccc(-c2nc(-c3noc4ccc(C(=O)NC5CCCC5)cc34)cs2)cc1. The molecule has 4 aromatic rings. The minimum Gasteiger partial charge on any atom is -0.497 e. The third kappa shape index (κ3) is 3.57. The molecule has 0 atom stereocenters. The van der Waals surface area contributed by atoms with E-state index in [2.05, 4.69) is 10.5 Å². The monoisotopic (exact) mass is 419 g/mol. The third-order valence-electron chi connectivity index (χ3n) is 5.51. The van der Waals surface area contributed by atoms with Crippen molar-refractivity contribution in [3.05, 3.63) is 53.4 Å². The number of thiazole rings is 1. The Bertz CT molecular complexity index is 1190. The molecular weight excluding hydrogens is 398 g/mol. The molecule has 1 N–H and O–H groups in total. The molecule has 0 unspecified atom stereocenters. The Hall–Kier alpha value is -3.19. The number of methoxy groups -OCH3 is 1. The van der Waals surface area contributed by atoms with E-state index in [-0.39, 0.29) is 11.9 Å². The van der Waals surface area contributed by atoms with Crippen LogP contribution in [0.5, 0.6) is 5.75 Å². The molecule has 152 valence electrons. The first-order valence-electron chi connectivity index (χ1n) is 10.0. The van der Waals surface area contributed by atoms with Crippen molar-refractivity contribution in [1.82, 2.24) is 15.5 Å². The van der Waals surface area contributed by atoms with Gasteiger partial charge in [0.05, 0.1) is 12.5 Å². The lowest BCUT2D eigenvalue weighted by molar-refractivity contribution is 0.0938. The highest BCUT2D eigenvalue weighted by molar-refractivity contribution is 7.13. The first kappa shape index (κ1) is 18.8. The van der Waals surface area contributed by atoms with Gasteiger partial charge < -0.3 is 14.6 Å². The maximum atomic E-state index is 12.7. The van der Waals surface area contributed by atoms with Crippen LogP contribution in [0.1, 0.15) is 36.0 Å². The van der Waals surface area contributed by atoms with Crippen LogP contribution in [-0.4, -0.2) is 29.2 Å². The summed E-state index contributed by atoms with van der Waals surface area (Å²) in [5, 5.41) is 11.0. The number of aromatic nitrogens is 2. The number of hydrogen-bond acceptors (Lipinski definition) is 6. The zero-order valence-corrected chi connectivity index (χ0v) is 17.4. The second-order valence-corrected chi connectivity index (χ2v) is 8.32. The number of nitrogens with one attached hydrogen (secondary N) is 1. The zero-order chi connectivity index (χ0) is 20.5. The van der Waals surface area contributed by atoms with Gasteiger partial charge in [-0.2, -0.15) is 0 Å². The summed E-state index contributed by atoms with van der Waals surface area (Å²) in [4.78, 5) is 17.4. The molecule has 1 amide bonds. The average Bonchev–Trinajstić information content (AvgIpc) is 3.53. The van der Waals surface area contributed by atoms with E-state index in [0.29, 0.717) is 16.8 Å². The number of carbonyl (C=O) groups is 1. The van der Waals surface area contributed by atoms with E-state index in [4.69, 9.17) is 14.2 Å². The van der Waals surface area contributed by atoms with E-state index in [0.717, 1.165) is 40.2 Å². The highest BCUT2D eigenvalue weighted by Gasteiger charge is 2.20. The van der Waals surface area contributed by atoms with Crippen molar-refractivity contribution in [3.63, 3.8) is 0 Å². The number of hydrogen-bond donors (Lipinski definition) is 1. The van der Waals surface area contributed by atoms with Gasteiger partial charge in [0.1, 0.15) is 22.1 Å². The number of carbonyl (C=O) groups excluding carboxylic acids is 1. The second-order valence-electron chi connectivity index (χ2n) is 7.46. The standard InChI is InChI=1S/C23H21N3O3S/c1-28-17-9-6-14(7-10-17)23-25-19(13-30-23)21-18-12-15(8-11-20(18)29-26-21)22(27)24-16-4-2-3-5-16/h6-13,16H,2-5H2,1H3,(H,24,27). The molecule has 0 bridgehead atoms. The van der Waals surface area contributed by atoms with Gasteiger partial charge in [0.25, 0.3) is 5.91 Å². The van der Waals surface area contributed by atoms with Crippen molar-refractivity contribution in [1.29, 1.82) is 0 Å². The van der Waals surface area contributed by atoms with Gasteiger partial charge in [-0.15, -0.1) is 11.3 Å². The number of amides is 1. The summed E-state index contributed by atoms with van der Waals surface area (Å²) in [6.45, 7) is 0. The fourth-order valence-electron chi connectivity index (χ4n) is 3.85. The number of rotatable bonds is 5. The minimum absolute atomic E-state index is 0.0480. The quantitative estimate of drug-likeness (QED) is 0.475. The minimum atomic E-state index is -0.0480. The van der Waals surface area contributed by atoms with Gasteiger partial charge in [0.15, 0.2) is 5.58 Å². The summed E-state index contributed by atoms with van der Waals surface area (Å²) in [6.07, 6.45) is 4.47. The zero-order valence-electron chi connectivity index (χ0n) is 16.6. The van der Waals surface area contributed by atoms with Gasteiger partial charge in [0, 0.05) is 22.5 Å². The van der Waals surface area contributed by atoms with Crippen LogP contribution in [0, 0.1) is 0 Å². The fourth-order valence-corrected chi connectivity index (χ4v) is 4.66. The van der Waals surface area contributed by atoms with Crippen LogP contribution in [-0.2, 0) is 0 Å². The molecule has 30 heavy (non-hydrogen) atoms. The molecule has 1 aliphatic rings. The van der Waals surface area contributed by atoms with Crippen molar-refractivity contribution in [3.8, 4) is 27.7 Å². The van der Waals surface area contributed by atoms with Crippen molar-refractivity contribution >= 4 is 28.2 Å². The fraction of sp³-hybridized carbons (Fsp3) is 0.261. The van der Waals surface area contributed by atoms with Gasteiger partial charge in [-0.05, 0) is 55.3 Å². The maximum Gasteiger partial charge on any atom is 0.251 e. The van der Waals surface area contributed by atoms with E-state index < -0.39 is 0 Å². The summed E-state index contributed by atoms with van der Waals surface area (Å²) >= 11 is 1.54. The summed E-state index contributed by atoms with van der Waals surface area (Å²) < 4.78 is 10.7. The van der Waals surface area contributed by atoms with Crippen LogP contribution < -0.4 is 10.1 Å². The molecule has 2 aromatic heterocycles. The van der Waals surface area contributed by atoms with Crippen LogP contribution in [0.4, 0.5) is 0 Å². The summed E-state index contributed by atoms with van der Waals surface area (Å²) in [5.41, 5.74) is 3.65. The number of fused-ring (bicyclic) bond motifs is 1. The lowest BCUT2D eigenvalue weighted by Crippen LogP contribution is -2.32. The Balaban J connectivity index is 1.44. The molecule has 0 aliphatic heterocycles. The van der Waals surface area contributed by atoms with E-state index >= 15 is 0 Å². The number of ether oxygens (including phenoxy) is 1. The van der Waals surface area contributed by atoms with Gasteiger partial charge >= 0.3 is 0 Å². The van der Waals surface area contributed by atoms with Crippen LogP contribution in [0.2, 0.25) is 0 Å². The predicted octanol–water partition coefficient (Wildman–Crippen LogP) is 5.30. The van der Waals surface area contributed by atoms with E-state index in [1.165, 1.54) is 12.8 Å². The summed E-state index contributed by atoms with van der Waals surface area (Å²) in [7, 11) is 1.65. The summed E-state index contributed by atoms with van der Waals surface area (Å²) in [6, 6.07) is 13.5. The highest BCUT2D eigenvalue weighted by atomic mass is 32.1. The normalized spacial score (nSPS) is 14.3. The molecule has 1 fully saturated rings. The van der Waals surface area contributed by atoms with Crippen LogP contribution >= 0.6 is 11.3 Å². The Labute approximate surface area is 177 Å². The second kappa shape index (κ2) is 7.91. The molecule has 1 aliphatic carbocycles. The molecular formula is C23H21N3O3S. The Morgan fingerprint density at radius 3 is 2.73 bits per heavy atom. The molecule has 5 rings (SSSR count). The molecule has 2 heterocycles. The first-order chi connectivity index (χ1) is 14.7. The third-order valence-corrected chi connectivity index (χ3v) is 6.40. The molecule has 1 saturated carbocycles. The van der Waals surface area contributed by atoms with Crippen LogP contribution in [0.3, 0.4) is 0 Å². The molecule has 2 aromatic carbocycles. The predicted molar refractivity (Wildman–Crippen MR) is 117 cm³/mol. The largest absolute Gasteiger partial charge is 0.497 e. The van der Waals surface area contributed by atoms with E-state index in [9.17, 15) is 4.79 Å². The van der Waals surface area contributed by atoms with E-state index in [1.54, 1.807) is 30.6 Å². The van der Waals surface area contributed by atoms with Crippen molar-refractivity contribution in [2.75, 3.05) is 7.11 Å². The number of benzene rings is 2. The molecule has 0 saturated heterocycles. The number of nitrogens with zero attached hydrogens (tertiary/aromatic N) is 2. The Morgan fingerprint density at radius 2 is 1.97 bits per heavy atom. The van der Waals surface area contributed by atoms with Crippen LogP contribution in [0.25, 0.3) is 32.9 Å². The topological polar surface area (TPSA) is 77.2 Å². The average molecular weight is 420 g/mol. The van der Waals surface area contributed by atoms with Gasteiger partial charge in [-0.25, -0.2) is 4.98 Å². The maximum absolute atomic E-state index is 12.7.